The highest BCUT2D eigenvalue weighted by molar-refractivity contribution is 5.40. The lowest BCUT2D eigenvalue weighted by Gasteiger charge is -2.17. The van der Waals surface area contributed by atoms with Crippen LogP contribution in [0.3, 0.4) is 0 Å². The van der Waals surface area contributed by atoms with Crippen molar-refractivity contribution < 1.29 is 4.74 Å². The summed E-state index contributed by atoms with van der Waals surface area (Å²) in [5, 5.41) is 3.02. The molecule has 0 heterocycles. The highest BCUT2D eigenvalue weighted by atomic mass is 16.5. The molecule has 0 aliphatic rings. The van der Waals surface area contributed by atoms with Crippen molar-refractivity contribution in [2.24, 2.45) is 5.73 Å². The molecule has 0 bridgehead atoms. The summed E-state index contributed by atoms with van der Waals surface area (Å²) in [6, 6.07) is 6.15. The van der Waals surface area contributed by atoms with E-state index in [1.54, 1.807) is 7.11 Å². The van der Waals surface area contributed by atoms with Gasteiger partial charge in [0, 0.05) is 5.56 Å². The smallest absolute Gasteiger partial charge is 0.124 e. The molecule has 1 aromatic carbocycles. The summed E-state index contributed by atoms with van der Waals surface area (Å²) in [5.41, 5.74) is 8.23. The molecule has 3 heteroatoms. The number of rotatable bonds is 4. The van der Waals surface area contributed by atoms with E-state index >= 15 is 0 Å². The number of nitrogens with one attached hydrogen (secondary N) is 1. The second-order valence-electron chi connectivity index (χ2n) is 3.92. The van der Waals surface area contributed by atoms with E-state index in [1.165, 1.54) is 5.56 Å². The van der Waals surface area contributed by atoms with Crippen LogP contribution in [0.25, 0.3) is 0 Å². The zero-order chi connectivity index (χ0) is 11.4. The van der Waals surface area contributed by atoms with Gasteiger partial charge in [-0.25, -0.2) is 0 Å². The molecule has 15 heavy (non-hydrogen) atoms. The first-order valence-electron chi connectivity index (χ1n) is 5.20. The van der Waals surface area contributed by atoms with Crippen molar-refractivity contribution in [1.29, 1.82) is 0 Å². The van der Waals surface area contributed by atoms with Gasteiger partial charge in [0.1, 0.15) is 5.75 Å². The maximum absolute atomic E-state index is 5.95. The summed E-state index contributed by atoms with van der Waals surface area (Å²) >= 11 is 0. The van der Waals surface area contributed by atoms with Crippen LogP contribution in [0.1, 0.15) is 37.1 Å². The third kappa shape index (κ3) is 2.70. The van der Waals surface area contributed by atoms with Crippen molar-refractivity contribution in [3.8, 4) is 5.75 Å². The molecule has 0 aromatic heterocycles. The van der Waals surface area contributed by atoms with Crippen LogP contribution >= 0.6 is 0 Å². The van der Waals surface area contributed by atoms with Crippen LogP contribution < -0.4 is 15.8 Å². The molecule has 0 saturated carbocycles. The predicted octanol–water partition coefficient (Wildman–Crippen LogP) is 2.00. The average Bonchev–Trinajstić information content (AvgIpc) is 2.27. The number of hydrogen-bond acceptors (Lipinski definition) is 3. The van der Waals surface area contributed by atoms with Gasteiger partial charge in [-0.3, -0.25) is 0 Å². The van der Waals surface area contributed by atoms with Gasteiger partial charge in [-0.2, -0.15) is 0 Å². The summed E-state index contributed by atoms with van der Waals surface area (Å²) < 4.78 is 5.28. The van der Waals surface area contributed by atoms with Crippen LogP contribution in [0.5, 0.6) is 5.75 Å². The molecule has 1 atom stereocenters. The molecule has 0 aliphatic carbocycles. The molecule has 1 aromatic rings. The van der Waals surface area contributed by atoms with E-state index in [0.29, 0.717) is 5.92 Å². The summed E-state index contributed by atoms with van der Waals surface area (Å²) in [7, 11) is 3.50. The molecule has 0 aliphatic heterocycles. The SMILES string of the molecule is CNC(N)c1cc(C(C)C)ccc1OC. The van der Waals surface area contributed by atoms with Crippen molar-refractivity contribution in [1.82, 2.24) is 5.32 Å². The Morgan fingerprint density at radius 2 is 2.00 bits per heavy atom. The maximum Gasteiger partial charge on any atom is 0.124 e. The van der Waals surface area contributed by atoms with Gasteiger partial charge in [-0.15, -0.1) is 0 Å². The van der Waals surface area contributed by atoms with Crippen LogP contribution in [-0.2, 0) is 0 Å². The summed E-state index contributed by atoms with van der Waals surface area (Å²) in [6.07, 6.45) is -0.182. The van der Waals surface area contributed by atoms with E-state index in [9.17, 15) is 0 Å². The van der Waals surface area contributed by atoms with Gasteiger partial charge in [-0.1, -0.05) is 19.9 Å². The Morgan fingerprint density at radius 3 is 2.47 bits per heavy atom. The summed E-state index contributed by atoms with van der Waals surface area (Å²) in [6.45, 7) is 4.33. The fourth-order valence-electron chi connectivity index (χ4n) is 1.51. The van der Waals surface area contributed by atoms with E-state index in [4.69, 9.17) is 10.5 Å². The molecule has 3 nitrogen and oxygen atoms in total. The molecular weight excluding hydrogens is 188 g/mol. The Labute approximate surface area is 91.6 Å². The monoisotopic (exact) mass is 208 g/mol. The second-order valence-corrected chi connectivity index (χ2v) is 3.92. The Kier molecular flexibility index (Phi) is 4.12. The predicted molar refractivity (Wildman–Crippen MR) is 63.1 cm³/mol. The van der Waals surface area contributed by atoms with Gasteiger partial charge < -0.3 is 15.8 Å². The molecule has 0 radical (unpaired) electrons. The van der Waals surface area contributed by atoms with Gasteiger partial charge in [0.15, 0.2) is 0 Å². The van der Waals surface area contributed by atoms with E-state index < -0.39 is 0 Å². The van der Waals surface area contributed by atoms with E-state index in [1.807, 2.05) is 13.1 Å². The van der Waals surface area contributed by atoms with Crippen LogP contribution in [0.2, 0.25) is 0 Å². The van der Waals surface area contributed by atoms with Gasteiger partial charge in [0.2, 0.25) is 0 Å². The lowest BCUT2D eigenvalue weighted by Crippen LogP contribution is -2.25. The van der Waals surface area contributed by atoms with Crippen LogP contribution in [0, 0.1) is 0 Å². The van der Waals surface area contributed by atoms with Crippen LogP contribution in [0.15, 0.2) is 18.2 Å². The Balaban J connectivity index is 3.13. The first-order chi connectivity index (χ1) is 7.10. The Morgan fingerprint density at radius 1 is 1.33 bits per heavy atom. The van der Waals surface area contributed by atoms with Crippen LogP contribution in [0.4, 0.5) is 0 Å². The van der Waals surface area contributed by atoms with Crippen molar-refractivity contribution in [2.45, 2.75) is 25.9 Å². The first kappa shape index (κ1) is 12.0. The third-order valence-corrected chi connectivity index (χ3v) is 2.57. The lowest BCUT2D eigenvalue weighted by atomic mass is 9.99. The Bertz CT molecular complexity index is 323. The van der Waals surface area contributed by atoms with Crippen molar-refractivity contribution in [2.75, 3.05) is 14.2 Å². The summed E-state index contributed by atoms with van der Waals surface area (Å²) in [4.78, 5) is 0. The fourth-order valence-corrected chi connectivity index (χ4v) is 1.51. The largest absolute Gasteiger partial charge is 0.496 e. The van der Waals surface area contributed by atoms with E-state index in [2.05, 4.69) is 31.3 Å². The topological polar surface area (TPSA) is 47.3 Å². The molecule has 0 fully saturated rings. The fraction of sp³-hybridized carbons (Fsp3) is 0.500. The molecule has 0 saturated heterocycles. The standard InChI is InChI=1S/C12H20N2O/c1-8(2)9-5-6-11(15-4)10(7-9)12(13)14-3/h5-8,12,14H,13H2,1-4H3. The zero-order valence-corrected chi connectivity index (χ0v) is 9.87. The minimum absolute atomic E-state index is 0.182. The number of hydrogen-bond donors (Lipinski definition) is 2. The molecular formula is C12H20N2O. The highest BCUT2D eigenvalue weighted by Gasteiger charge is 2.11. The molecule has 0 spiro atoms. The molecule has 3 N–H and O–H groups in total. The van der Waals surface area contributed by atoms with Crippen molar-refractivity contribution in [3.05, 3.63) is 29.3 Å². The minimum Gasteiger partial charge on any atom is -0.496 e. The number of methoxy groups -OCH3 is 1. The number of benzene rings is 1. The van der Waals surface area contributed by atoms with Gasteiger partial charge in [0.25, 0.3) is 0 Å². The van der Waals surface area contributed by atoms with Gasteiger partial charge >= 0.3 is 0 Å². The van der Waals surface area contributed by atoms with Crippen molar-refractivity contribution in [3.63, 3.8) is 0 Å². The first-order valence-corrected chi connectivity index (χ1v) is 5.20. The molecule has 1 rings (SSSR count). The number of nitrogens with two attached hydrogens (primary N) is 1. The van der Waals surface area contributed by atoms with E-state index in [0.717, 1.165) is 11.3 Å². The molecule has 0 amide bonds. The number of ether oxygens (including phenoxy) is 1. The molecule has 1 unspecified atom stereocenters. The quantitative estimate of drug-likeness (QED) is 0.744. The highest BCUT2D eigenvalue weighted by Crippen LogP contribution is 2.26. The second kappa shape index (κ2) is 5.14. The van der Waals surface area contributed by atoms with Crippen molar-refractivity contribution >= 4 is 0 Å². The van der Waals surface area contributed by atoms with Gasteiger partial charge in [-0.05, 0) is 30.7 Å². The van der Waals surface area contributed by atoms with E-state index in [-0.39, 0.29) is 6.17 Å². The Hall–Kier alpha value is -1.06. The van der Waals surface area contributed by atoms with Gasteiger partial charge in [0.05, 0.1) is 13.3 Å². The zero-order valence-electron chi connectivity index (χ0n) is 9.87. The third-order valence-electron chi connectivity index (χ3n) is 2.57. The maximum atomic E-state index is 5.95. The summed E-state index contributed by atoms with van der Waals surface area (Å²) in [5.74, 6) is 1.33. The lowest BCUT2D eigenvalue weighted by molar-refractivity contribution is 0.402. The average molecular weight is 208 g/mol. The minimum atomic E-state index is -0.182. The molecule has 84 valence electrons. The van der Waals surface area contributed by atoms with Crippen LogP contribution in [-0.4, -0.2) is 14.2 Å². The normalized spacial score (nSPS) is 12.9.